The summed E-state index contributed by atoms with van der Waals surface area (Å²) in [5.41, 5.74) is 0.0448. The number of hydrogen-bond acceptors (Lipinski definition) is 6. The number of anilines is 2. The molecular weight excluding hydrogens is 345 g/mol. The third-order valence-corrected chi connectivity index (χ3v) is 3.48. The number of benzene rings is 2. The van der Waals surface area contributed by atoms with E-state index in [1.54, 1.807) is 31.3 Å². The summed E-state index contributed by atoms with van der Waals surface area (Å²) in [7, 11) is 1.64. The lowest BCUT2D eigenvalue weighted by atomic mass is 10.2. The Hall–Kier alpha value is -3.49. The van der Waals surface area contributed by atoms with E-state index >= 15 is 0 Å². The standard InChI is InChI=1S/C17H16FN3O5/c1-10(26-17(23)12-5-3-4-6-14(12)19-2)16(22)20-11-7-8-13(18)15(9-11)21(24)25/h3-10,19H,1-2H3,(H,20,22)/t10-/m1/s1. The van der Waals surface area contributed by atoms with Gasteiger partial charge in [0.2, 0.25) is 5.82 Å². The number of nitro groups is 1. The molecule has 1 atom stereocenters. The average molecular weight is 361 g/mol. The highest BCUT2D eigenvalue weighted by Crippen LogP contribution is 2.22. The van der Waals surface area contributed by atoms with E-state index in [9.17, 15) is 24.1 Å². The van der Waals surface area contributed by atoms with E-state index in [-0.39, 0.29) is 11.3 Å². The summed E-state index contributed by atoms with van der Waals surface area (Å²) < 4.78 is 18.4. The summed E-state index contributed by atoms with van der Waals surface area (Å²) in [6.45, 7) is 1.35. The number of ether oxygens (including phenoxy) is 1. The number of hydrogen-bond donors (Lipinski definition) is 2. The third kappa shape index (κ3) is 4.32. The zero-order chi connectivity index (χ0) is 19.3. The quantitative estimate of drug-likeness (QED) is 0.465. The molecule has 0 heterocycles. The summed E-state index contributed by atoms with van der Waals surface area (Å²) in [5, 5.41) is 15.9. The molecule has 136 valence electrons. The molecule has 9 heteroatoms. The van der Waals surface area contributed by atoms with Gasteiger partial charge in [-0.1, -0.05) is 12.1 Å². The summed E-state index contributed by atoms with van der Waals surface area (Å²) in [6.07, 6.45) is -1.17. The van der Waals surface area contributed by atoms with Gasteiger partial charge < -0.3 is 15.4 Å². The van der Waals surface area contributed by atoms with Crippen LogP contribution in [0.25, 0.3) is 0 Å². The van der Waals surface area contributed by atoms with E-state index in [0.29, 0.717) is 5.69 Å². The Balaban J connectivity index is 2.07. The first kappa shape index (κ1) is 18.8. The first-order valence-corrected chi connectivity index (χ1v) is 7.56. The minimum absolute atomic E-state index is 0.0154. The topological polar surface area (TPSA) is 111 Å². The van der Waals surface area contributed by atoms with Crippen molar-refractivity contribution in [2.45, 2.75) is 13.0 Å². The fourth-order valence-corrected chi connectivity index (χ4v) is 2.13. The zero-order valence-corrected chi connectivity index (χ0v) is 14.0. The summed E-state index contributed by atoms with van der Waals surface area (Å²) in [4.78, 5) is 34.2. The van der Waals surface area contributed by atoms with Crippen molar-refractivity contribution in [2.24, 2.45) is 0 Å². The van der Waals surface area contributed by atoms with Crippen molar-refractivity contribution in [1.82, 2.24) is 0 Å². The Morgan fingerprint density at radius 2 is 1.92 bits per heavy atom. The van der Waals surface area contributed by atoms with Crippen molar-refractivity contribution >= 4 is 28.9 Å². The zero-order valence-electron chi connectivity index (χ0n) is 14.0. The number of esters is 1. The van der Waals surface area contributed by atoms with Gasteiger partial charge in [-0.15, -0.1) is 0 Å². The predicted octanol–water partition coefficient (Wildman–Crippen LogP) is 2.96. The highest BCUT2D eigenvalue weighted by molar-refractivity contribution is 5.99. The van der Waals surface area contributed by atoms with Crippen LogP contribution in [-0.2, 0) is 9.53 Å². The van der Waals surface area contributed by atoms with Crippen molar-refractivity contribution in [3.8, 4) is 0 Å². The summed E-state index contributed by atoms with van der Waals surface area (Å²) >= 11 is 0. The molecule has 0 radical (unpaired) electrons. The van der Waals surface area contributed by atoms with Crippen molar-refractivity contribution in [2.75, 3.05) is 17.7 Å². The van der Waals surface area contributed by atoms with E-state index in [1.807, 2.05) is 0 Å². The monoisotopic (exact) mass is 361 g/mol. The van der Waals surface area contributed by atoms with Crippen LogP contribution in [0.5, 0.6) is 0 Å². The lowest BCUT2D eigenvalue weighted by molar-refractivity contribution is -0.387. The molecule has 0 fully saturated rings. The molecule has 2 aromatic rings. The normalized spacial score (nSPS) is 11.3. The lowest BCUT2D eigenvalue weighted by Gasteiger charge is -2.15. The van der Waals surface area contributed by atoms with Gasteiger partial charge in [-0.05, 0) is 31.2 Å². The van der Waals surface area contributed by atoms with Gasteiger partial charge in [0, 0.05) is 24.5 Å². The molecule has 0 saturated carbocycles. The number of rotatable bonds is 6. The number of amides is 1. The molecule has 1 amide bonds. The van der Waals surface area contributed by atoms with E-state index in [2.05, 4.69) is 10.6 Å². The van der Waals surface area contributed by atoms with E-state index in [0.717, 1.165) is 12.1 Å². The largest absolute Gasteiger partial charge is 0.449 e. The Kier molecular flexibility index (Phi) is 5.84. The van der Waals surface area contributed by atoms with Gasteiger partial charge in [0.25, 0.3) is 5.91 Å². The molecule has 0 saturated heterocycles. The third-order valence-electron chi connectivity index (χ3n) is 3.48. The average Bonchev–Trinajstić information content (AvgIpc) is 2.62. The number of para-hydroxylation sites is 1. The highest BCUT2D eigenvalue weighted by atomic mass is 19.1. The molecule has 0 bridgehead atoms. The van der Waals surface area contributed by atoms with Crippen LogP contribution in [-0.4, -0.2) is 30.0 Å². The summed E-state index contributed by atoms with van der Waals surface area (Å²) in [6, 6.07) is 9.54. The van der Waals surface area contributed by atoms with Crippen LogP contribution < -0.4 is 10.6 Å². The molecule has 0 aliphatic rings. The molecule has 0 unspecified atom stereocenters. The number of nitro benzene ring substituents is 1. The first-order chi connectivity index (χ1) is 12.3. The van der Waals surface area contributed by atoms with Crippen molar-refractivity contribution in [1.29, 1.82) is 0 Å². The van der Waals surface area contributed by atoms with Gasteiger partial charge >= 0.3 is 11.7 Å². The summed E-state index contributed by atoms with van der Waals surface area (Å²) in [5.74, 6) is -2.43. The van der Waals surface area contributed by atoms with Gasteiger partial charge in [-0.25, -0.2) is 4.79 Å². The Morgan fingerprint density at radius 1 is 1.23 bits per heavy atom. The molecule has 26 heavy (non-hydrogen) atoms. The molecule has 0 aromatic heterocycles. The molecular formula is C17H16FN3O5. The minimum atomic E-state index is -1.17. The molecule has 2 N–H and O–H groups in total. The number of carbonyl (C=O) groups excluding carboxylic acids is 2. The van der Waals surface area contributed by atoms with E-state index in [1.165, 1.54) is 13.0 Å². The van der Waals surface area contributed by atoms with Crippen LogP contribution in [0.2, 0.25) is 0 Å². The number of halogens is 1. The number of nitrogens with zero attached hydrogens (tertiary/aromatic N) is 1. The Labute approximate surface area is 148 Å². The van der Waals surface area contributed by atoms with Gasteiger partial charge in [0.05, 0.1) is 10.5 Å². The first-order valence-electron chi connectivity index (χ1n) is 7.56. The molecule has 0 aliphatic heterocycles. The van der Waals surface area contributed by atoms with E-state index < -0.39 is 34.4 Å². The van der Waals surface area contributed by atoms with Crippen molar-refractivity contribution < 1.29 is 23.6 Å². The fourth-order valence-electron chi connectivity index (χ4n) is 2.13. The molecule has 0 aliphatic carbocycles. The maximum Gasteiger partial charge on any atom is 0.341 e. The van der Waals surface area contributed by atoms with Crippen molar-refractivity contribution in [3.05, 3.63) is 64.0 Å². The van der Waals surface area contributed by atoms with Crippen molar-refractivity contribution in [3.63, 3.8) is 0 Å². The molecule has 2 aromatic carbocycles. The maximum atomic E-state index is 13.3. The van der Waals surface area contributed by atoms with Crippen LogP contribution in [0.4, 0.5) is 21.5 Å². The molecule has 0 spiro atoms. The second kappa shape index (κ2) is 8.06. The Bertz CT molecular complexity index is 856. The van der Waals surface area contributed by atoms with Crippen LogP contribution in [0.15, 0.2) is 42.5 Å². The maximum absolute atomic E-state index is 13.3. The molecule has 8 nitrogen and oxygen atoms in total. The van der Waals surface area contributed by atoms with Gasteiger partial charge in [-0.2, -0.15) is 4.39 Å². The SMILES string of the molecule is CNc1ccccc1C(=O)O[C@H](C)C(=O)Nc1ccc(F)c([N+](=O)[O-])c1. The van der Waals surface area contributed by atoms with Crippen LogP contribution in [0.1, 0.15) is 17.3 Å². The molecule has 2 rings (SSSR count). The van der Waals surface area contributed by atoms with E-state index in [4.69, 9.17) is 4.74 Å². The second-order valence-electron chi connectivity index (χ2n) is 5.26. The van der Waals surface area contributed by atoms with Gasteiger partial charge in [0.15, 0.2) is 6.10 Å². The van der Waals surface area contributed by atoms with Crippen LogP contribution >= 0.6 is 0 Å². The predicted molar refractivity (Wildman–Crippen MR) is 92.6 cm³/mol. The lowest BCUT2D eigenvalue weighted by Crippen LogP contribution is -2.30. The van der Waals surface area contributed by atoms with Gasteiger partial charge in [-0.3, -0.25) is 14.9 Å². The Morgan fingerprint density at radius 3 is 2.58 bits per heavy atom. The van der Waals surface area contributed by atoms with Gasteiger partial charge in [0.1, 0.15) is 0 Å². The number of nitrogens with one attached hydrogen (secondary N) is 2. The fraction of sp³-hybridized carbons (Fsp3) is 0.176. The smallest absolute Gasteiger partial charge is 0.341 e. The second-order valence-corrected chi connectivity index (χ2v) is 5.26. The highest BCUT2D eigenvalue weighted by Gasteiger charge is 2.22. The minimum Gasteiger partial charge on any atom is -0.449 e. The number of carbonyl (C=O) groups is 2. The van der Waals surface area contributed by atoms with Crippen LogP contribution in [0.3, 0.4) is 0 Å². The van der Waals surface area contributed by atoms with Crippen LogP contribution in [0, 0.1) is 15.9 Å².